The Balaban J connectivity index is 2.40. The molecule has 0 aliphatic heterocycles. The normalized spacial score (nSPS) is 13.5. The highest BCUT2D eigenvalue weighted by atomic mass is 32.2. The van der Waals surface area contributed by atoms with Crippen LogP contribution in [0.5, 0.6) is 0 Å². The molecule has 0 saturated carbocycles. The van der Waals surface area contributed by atoms with Crippen LogP contribution in [-0.2, 0) is 21.0 Å². The second-order valence-electron chi connectivity index (χ2n) is 5.96. The minimum absolute atomic E-state index is 0.0242. The van der Waals surface area contributed by atoms with Crippen molar-refractivity contribution in [1.29, 1.82) is 0 Å². The molecule has 1 atom stereocenters. The molecule has 2 aromatic carbocycles. The number of aliphatic hydroxyl groups is 1. The first-order valence-electron chi connectivity index (χ1n) is 8.47. The zero-order chi connectivity index (χ0) is 21.9. The second kappa shape index (κ2) is 8.86. The third kappa shape index (κ3) is 4.04. The zero-order valence-corrected chi connectivity index (χ0v) is 17.1. The molecule has 0 fully saturated rings. The summed E-state index contributed by atoms with van der Waals surface area (Å²) in [6, 6.07) is 8.06. The Labute approximate surface area is 174 Å². The minimum Gasteiger partial charge on any atom is -0.395 e. The molecule has 3 rings (SSSR count). The van der Waals surface area contributed by atoms with Gasteiger partial charge in [0.15, 0.2) is 5.84 Å². The van der Waals surface area contributed by atoms with E-state index in [0.717, 1.165) is 5.52 Å². The number of nitrogens with one attached hydrogen (secondary N) is 3. The highest BCUT2D eigenvalue weighted by Gasteiger charge is 2.28. The number of aromatic amines is 1. The van der Waals surface area contributed by atoms with E-state index in [1.807, 2.05) is 11.6 Å². The molecule has 1 aromatic heterocycles. The van der Waals surface area contributed by atoms with Gasteiger partial charge in [0, 0.05) is 17.7 Å². The average Bonchev–Trinajstić information content (AvgIpc) is 3.20. The van der Waals surface area contributed by atoms with Gasteiger partial charge in [-0.25, -0.2) is 38.8 Å². The lowest BCUT2D eigenvalue weighted by Crippen LogP contribution is -2.30. The van der Waals surface area contributed by atoms with Crippen molar-refractivity contribution in [3.63, 3.8) is 0 Å². The van der Waals surface area contributed by atoms with Gasteiger partial charge in [-0.3, -0.25) is 0 Å². The quantitative estimate of drug-likeness (QED) is 0.0927. The van der Waals surface area contributed by atoms with Gasteiger partial charge >= 0.3 is 0 Å². The number of para-hydroxylation sites is 1. The molecule has 0 aliphatic carbocycles. The summed E-state index contributed by atoms with van der Waals surface area (Å²) >= 11 is 0. The molecular formula is C16H20N8O4S2. The summed E-state index contributed by atoms with van der Waals surface area (Å²) in [6.45, 7) is -0.663. The molecule has 1 heterocycles. The fourth-order valence-electron chi connectivity index (χ4n) is 3.02. The predicted molar refractivity (Wildman–Crippen MR) is 112 cm³/mol. The fourth-order valence-corrected chi connectivity index (χ4v) is 5.39. The molecule has 0 saturated heterocycles. The van der Waals surface area contributed by atoms with Crippen molar-refractivity contribution in [3.05, 3.63) is 42.2 Å². The number of nitrogens with zero attached hydrogens (tertiary/aromatic N) is 2. The lowest BCUT2D eigenvalue weighted by atomic mass is 9.97. The van der Waals surface area contributed by atoms with E-state index in [4.69, 9.17) is 21.8 Å². The standard InChI is InChI=1S/C16H20N8O4S2/c17-16(23-24-18)13-9(10-2-1-3-11-14(10)21-8-20-11)4-5-12(15(13)29(19)26)30(27,28)22-6-7-25/h1-5,8,22,24-25H,6-7,18-19H2,(H2,17,23)(H,20,21). The second-order valence-corrected chi connectivity index (χ2v) is 8.70. The Morgan fingerprint density at radius 1 is 1.27 bits per heavy atom. The smallest absolute Gasteiger partial charge is 0.241 e. The molecule has 160 valence electrons. The Hall–Kier alpha value is -2.88. The van der Waals surface area contributed by atoms with Crippen LogP contribution < -0.4 is 27.0 Å². The van der Waals surface area contributed by atoms with E-state index in [-0.39, 0.29) is 27.7 Å². The van der Waals surface area contributed by atoms with E-state index in [1.54, 1.807) is 12.1 Å². The van der Waals surface area contributed by atoms with Gasteiger partial charge in [-0.2, -0.15) is 0 Å². The summed E-state index contributed by atoms with van der Waals surface area (Å²) < 4.78 is 40.1. The number of benzene rings is 2. The fraction of sp³-hybridized carbons (Fsp3) is 0.125. The van der Waals surface area contributed by atoms with E-state index < -0.39 is 27.6 Å². The maximum absolute atomic E-state index is 12.7. The van der Waals surface area contributed by atoms with Crippen LogP contribution in [0.1, 0.15) is 5.56 Å². The molecule has 10 N–H and O–H groups in total. The van der Waals surface area contributed by atoms with E-state index >= 15 is 0 Å². The van der Waals surface area contributed by atoms with Crippen LogP contribution in [0.15, 0.2) is 51.6 Å². The van der Waals surface area contributed by atoms with Crippen LogP contribution in [-0.4, -0.2) is 46.7 Å². The Bertz CT molecular complexity index is 1240. The number of hydrazine groups is 1. The summed E-state index contributed by atoms with van der Waals surface area (Å²) in [5.41, 5.74) is 10.4. The van der Waals surface area contributed by atoms with E-state index in [1.165, 1.54) is 18.5 Å². The van der Waals surface area contributed by atoms with Crippen molar-refractivity contribution >= 4 is 37.9 Å². The number of sulfonamides is 1. The first-order chi connectivity index (χ1) is 14.3. The highest BCUT2D eigenvalue weighted by molar-refractivity contribution is 7.90. The topological polar surface area (TPSA) is 215 Å². The number of imidazole rings is 1. The molecular weight excluding hydrogens is 432 g/mol. The van der Waals surface area contributed by atoms with Crippen molar-refractivity contribution < 1.29 is 17.7 Å². The largest absolute Gasteiger partial charge is 0.395 e. The number of nitrogens with two attached hydrogens (primary N) is 3. The van der Waals surface area contributed by atoms with Crippen molar-refractivity contribution in [2.75, 3.05) is 13.2 Å². The summed E-state index contributed by atoms with van der Waals surface area (Å²) in [4.78, 5) is 6.64. The Morgan fingerprint density at radius 3 is 2.70 bits per heavy atom. The molecule has 0 radical (unpaired) electrons. The molecule has 0 aliphatic rings. The van der Waals surface area contributed by atoms with Crippen LogP contribution in [0, 0.1) is 0 Å². The third-order valence-corrected chi connectivity index (χ3v) is 6.66. The maximum Gasteiger partial charge on any atom is 0.241 e. The van der Waals surface area contributed by atoms with Gasteiger partial charge in [-0.05, 0) is 17.7 Å². The summed E-state index contributed by atoms with van der Waals surface area (Å²) in [5, 5.41) is 18.3. The molecule has 3 aromatic rings. The van der Waals surface area contributed by atoms with Gasteiger partial charge in [0.25, 0.3) is 0 Å². The van der Waals surface area contributed by atoms with Gasteiger partial charge in [0.2, 0.25) is 10.0 Å². The monoisotopic (exact) mass is 452 g/mol. The lowest BCUT2D eigenvalue weighted by molar-refractivity contribution is 0.301. The minimum atomic E-state index is -4.17. The van der Waals surface area contributed by atoms with Crippen LogP contribution in [0.2, 0.25) is 0 Å². The number of hydrogen-bond acceptors (Lipinski definition) is 8. The lowest BCUT2D eigenvalue weighted by Gasteiger charge is -2.17. The summed E-state index contributed by atoms with van der Waals surface area (Å²) in [5.74, 6) is 5.02. The van der Waals surface area contributed by atoms with Crippen molar-refractivity contribution in [2.24, 2.45) is 21.8 Å². The van der Waals surface area contributed by atoms with Gasteiger partial charge in [0.05, 0.1) is 28.9 Å². The SMILES string of the molecule is NN/N=C(\N)c1c(-c2cccc3[nH]cnc23)ccc(S(=O)(=O)NCCO)c1S(N)=O. The van der Waals surface area contributed by atoms with E-state index in [2.05, 4.69) is 19.8 Å². The van der Waals surface area contributed by atoms with E-state index in [9.17, 15) is 12.6 Å². The average molecular weight is 453 g/mol. The number of hydrogen-bond donors (Lipinski definition) is 7. The number of aromatic nitrogens is 2. The van der Waals surface area contributed by atoms with Crippen LogP contribution in [0.25, 0.3) is 22.2 Å². The van der Waals surface area contributed by atoms with Gasteiger partial charge in [0.1, 0.15) is 15.9 Å². The Kier molecular flexibility index (Phi) is 6.45. The summed E-state index contributed by atoms with van der Waals surface area (Å²) in [7, 11) is -6.44. The van der Waals surface area contributed by atoms with Gasteiger partial charge in [-0.1, -0.05) is 18.2 Å². The number of amidine groups is 1. The zero-order valence-electron chi connectivity index (χ0n) is 15.5. The molecule has 0 bridgehead atoms. The third-order valence-electron chi connectivity index (χ3n) is 4.20. The highest BCUT2D eigenvalue weighted by Crippen LogP contribution is 2.35. The molecule has 0 spiro atoms. The van der Waals surface area contributed by atoms with Crippen LogP contribution in [0.3, 0.4) is 0 Å². The Morgan fingerprint density at radius 2 is 2.03 bits per heavy atom. The molecule has 12 nitrogen and oxygen atoms in total. The molecule has 0 amide bonds. The van der Waals surface area contributed by atoms with Crippen molar-refractivity contribution in [3.8, 4) is 11.1 Å². The maximum atomic E-state index is 12.7. The summed E-state index contributed by atoms with van der Waals surface area (Å²) in [6.07, 6.45) is 1.51. The predicted octanol–water partition coefficient (Wildman–Crippen LogP) is -1.43. The van der Waals surface area contributed by atoms with Gasteiger partial charge in [-0.15, -0.1) is 5.10 Å². The first-order valence-corrected chi connectivity index (χ1v) is 11.2. The van der Waals surface area contributed by atoms with Crippen LogP contribution in [0.4, 0.5) is 0 Å². The van der Waals surface area contributed by atoms with Crippen LogP contribution >= 0.6 is 0 Å². The molecule has 1 unspecified atom stereocenters. The molecule has 30 heavy (non-hydrogen) atoms. The van der Waals surface area contributed by atoms with E-state index in [0.29, 0.717) is 16.6 Å². The molecule has 14 heteroatoms. The number of fused-ring (bicyclic) bond motifs is 1. The number of H-pyrrole nitrogens is 1. The number of aliphatic hydroxyl groups excluding tert-OH is 1. The van der Waals surface area contributed by atoms with Crippen molar-refractivity contribution in [1.82, 2.24) is 20.2 Å². The number of hydrazone groups is 1. The van der Waals surface area contributed by atoms with Gasteiger partial charge < -0.3 is 15.8 Å². The van der Waals surface area contributed by atoms with Crippen molar-refractivity contribution in [2.45, 2.75) is 9.79 Å². The number of rotatable bonds is 8. The first kappa shape index (κ1) is 21.8.